The van der Waals surface area contributed by atoms with Crippen molar-refractivity contribution in [2.24, 2.45) is 5.92 Å². The number of sulfonamides is 1. The van der Waals surface area contributed by atoms with Crippen molar-refractivity contribution in [3.05, 3.63) is 53.1 Å². The standard InChI is InChI=1S/C24H31ClN4O3S/c1-18-6-5-11-29(17-18)33(31,32)23-16-19(9-10-20(23)25)24(30)26-21-7-3-4-8-22(21)28-14-12-27(2)13-15-28/h3-4,7-10,16,18H,5-6,11-15,17H2,1-2H3,(H,26,30). The lowest BCUT2D eigenvalue weighted by atomic mass is 10.0. The molecule has 0 saturated carbocycles. The molecule has 0 spiro atoms. The first-order chi connectivity index (χ1) is 15.8. The van der Waals surface area contributed by atoms with Crippen molar-refractivity contribution in [3.8, 4) is 0 Å². The molecule has 9 heteroatoms. The van der Waals surface area contributed by atoms with E-state index in [1.165, 1.54) is 16.4 Å². The van der Waals surface area contributed by atoms with Crippen molar-refractivity contribution in [2.75, 3.05) is 56.5 Å². The summed E-state index contributed by atoms with van der Waals surface area (Å²) < 4.78 is 28.0. The van der Waals surface area contributed by atoms with E-state index in [4.69, 9.17) is 11.6 Å². The van der Waals surface area contributed by atoms with Gasteiger partial charge in [0.05, 0.1) is 16.4 Å². The average molecular weight is 491 g/mol. The molecule has 33 heavy (non-hydrogen) atoms. The fraction of sp³-hybridized carbons (Fsp3) is 0.458. The molecule has 2 aromatic carbocycles. The van der Waals surface area contributed by atoms with Gasteiger partial charge in [-0.05, 0) is 56.1 Å². The van der Waals surface area contributed by atoms with Gasteiger partial charge in [-0.25, -0.2) is 8.42 Å². The second kappa shape index (κ2) is 10.0. The Balaban J connectivity index is 1.57. The molecule has 1 N–H and O–H groups in total. The number of hydrogen-bond donors (Lipinski definition) is 1. The van der Waals surface area contributed by atoms with Crippen LogP contribution in [0.1, 0.15) is 30.1 Å². The number of likely N-dealkylation sites (N-methyl/N-ethyl adjacent to an activating group) is 1. The van der Waals surface area contributed by atoms with Crippen molar-refractivity contribution in [2.45, 2.75) is 24.7 Å². The Morgan fingerprint density at radius 2 is 1.79 bits per heavy atom. The van der Waals surface area contributed by atoms with E-state index < -0.39 is 10.0 Å². The number of nitrogens with one attached hydrogen (secondary N) is 1. The number of hydrogen-bond acceptors (Lipinski definition) is 5. The van der Waals surface area contributed by atoms with Crippen molar-refractivity contribution >= 4 is 38.9 Å². The highest BCUT2D eigenvalue weighted by Crippen LogP contribution is 2.31. The Morgan fingerprint density at radius 1 is 1.06 bits per heavy atom. The van der Waals surface area contributed by atoms with E-state index in [1.54, 1.807) is 6.07 Å². The van der Waals surface area contributed by atoms with Gasteiger partial charge in [-0.2, -0.15) is 4.31 Å². The summed E-state index contributed by atoms with van der Waals surface area (Å²) in [6.45, 7) is 6.64. The number of halogens is 1. The number of piperidine rings is 1. The second-order valence-corrected chi connectivity index (χ2v) is 11.3. The minimum absolute atomic E-state index is 0.0155. The third-order valence-corrected chi connectivity index (χ3v) is 8.77. The van der Waals surface area contributed by atoms with Crippen molar-refractivity contribution in [1.82, 2.24) is 9.21 Å². The predicted octanol–water partition coefficient (Wildman–Crippen LogP) is 3.76. The summed E-state index contributed by atoms with van der Waals surface area (Å²) in [4.78, 5) is 17.6. The van der Waals surface area contributed by atoms with Gasteiger partial charge in [0.25, 0.3) is 5.91 Å². The fourth-order valence-corrected chi connectivity index (χ4v) is 6.54. The first-order valence-corrected chi connectivity index (χ1v) is 13.2. The van der Waals surface area contributed by atoms with Crippen LogP contribution in [0.3, 0.4) is 0 Å². The van der Waals surface area contributed by atoms with Crippen LogP contribution < -0.4 is 10.2 Å². The maximum absolute atomic E-state index is 13.3. The molecule has 0 radical (unpaired) electrons. The van der Waals surface area contributed by atoms with Crippen LogP contribution in [-0.4, -0.2) is 69.8 Å². The zero-order chi connectivity index (χ0) is 23.6. The van der Waals surface area contributed by atoms with E-state index >= 15 is 0 Å². The third-order valence-electron chi connectivity index (χ3n) is 6.43. The summed E-state index contributed by atoms with van der Waals surface area (Å²) >= 11 is 6.29. The molecule has 1 atom stereocenters. The van der Waals surface area contributed by atoms with Crippen LogP contribution in [-0.2, 0) is 10.0 Å². The molecule has 0 bridgehead atoms. The number of carbonyl (C=O) groups is 1. The van der Waals surface area contributed by atoms with Gasteiger partial charge in [0, 0.05) is 44.8 Å². The summed E-state index contributed by atoms with van der Waals surface area (Å²) in [5, 5.41) is 3.10. The Hall–Kier alpha value is -2.13. The molecule has 1 amide bonds. The zero-order valence-electron chi connectivity index (χ0n) is 19.1. The smallest absolute Gasteiger partial charge is 0.255 e. The first-order valence-electron chi connectivity index (χ1n) is 11.4. The minimum atomic E-state index is -3.78. The van der Waals surface area contributed by atoms with E-state index in [-0.39, 0.29) is 21.4 Å². The number of carbonyl (C=O) groups excluding carboxylic acids is 1. The third kappa shape index (κ3) is 5.35. The van der Waals surface area contributed by atoms with Gasteiger partial charge in [0.1, 0.15) is 4.90 Å². The summed E-state index contributed by atoms with van der Waals surface area (Å²) in [5.41, 5.74) is 1.93. The van der Waals surface area contributed by atoms with Crippen LogP contribution in [0.5, 0.6) is 0 Å². The van der Waals surface area contributed by atoms with Gasteiger partial charge in [0.15, 0.2) is 0 Å². The van der Waals surface area contributed by atoms with E-state index in [0.717, 1.165) is 44.7 Å². The number of amides is 1. The van der Waals surface area contributed by atoms with Crippen LogP contribution in [0.25, 0.3) is 0 Å². The molecule has 2 aliphatic rings. The van der Waals surface area contributed by atoms with Crippen molar-refractivity contribution in [3.63, 3.8) is 0 Å². The number of benzene rings is 2. The topological polar surface area (TPSA) is 73.0 Å². The molecule has 7 nitrogen and oxygen atoms in total. The summed E-state index contributed by atoms with van der Waals surface area (Å²) in [5.74, 6) is -0.0680. The van der Waals surface area contributed by atoms with Crippen molar-refractivity contribution in [1.29, 1.82) is 0 Å². The van der Waals surface area contributed by atoms with E-state index in [2.05, 4.69) is 22.2 Å². The highest BCUT2D eigenvalue weighted by atomic mass is 35.5. The average Bonchev–Trinajstić information content (AvgIpc) is 2.80. The number of para-hydroxylation sites is 2. The molecule has 0 aromatic heterocycles. The Kier molecular flexibility index (Phi) is 7.28. The van der Waals surface area contributed by atoms with Gasteiger partial charge in [0.2, 0.25) is 10.0 Å². The maximum atomic E-state index is 13.3. The normalized spacial score (nSPS) is 20.6. The van der Waals surface area contributed by atoms with Gasteiger partial charge < -0.3 is 15.1 Å². The van der Waals surface area contributed by atoms with Gasteiger partial charge in [-0.1, -0.05) is 30.7 Å². The molecule has 178 valence electrons. The van der Waals surface area contributed by atoms with Gasteiger partial charge in [-0.15, -0.1) is 0 Å². The van der Waals surface area contributed by atoms with Crippen LogP contribution in [0.2, 0.25) is 5.02 Å². The van der Waals surface area contributed by atoms with Crippen molar-refractivity contribution < 1.29 is 13.2 Å². The Labute approximate surface area is 201 Å². The van der Waals surface area contributed by atoms with Gasteiger partial charge >= 0.3 is 0 Å². The summed E-state index contributed by atoms with van der Waals surface area (Å²) in [6, 6.07) is 12.1. The Bertz CT molecular complexity index is 1120. The lowest BCUT2D eigenvalue weighted by Crippen LogP contribution is -2.44. The van der Waals surface area contributed by atoms with Crippen LogP contribution >= 0.6 is 11.6 Å². The molecule has 2 aromatic rings. The van der Waals surface area contributed by atoms with Gasteiger partial charge in [-0.3, -0.25) is 4.79 Å². The number of anilines is 2. The maximum Gasteiger partial charge on any atom is 0.255 e. The highest BCUT2D eigenvalue weighted by Gasteiger charge is 2.31. The molecule has 2 aliphatic heterocycles. The predicted molar refractivity (Wildman–Crippen MR) is 133 cm³/mol. The molecule has 2 saturated heterocycles. The van der Waals surface area contributed by atoms with Crippen LogP contribution in [0.4, 0.5) is 11.4 Å². The molecular weight excluding hydrogens is 460 g/mol. The summed E-state index contributed by atoms with van der Waals surface area (Å²) in [6.07, 6.45) is 1.83. The van der Waals surface area contributed by atoms with Crippen LogP contribution in [0.15, 0.2) is 47.4 Å². The lowest BCUT2D eigenvalue weighted by Gasteiger charge is -2.35. The van der Waals surface area contributed by atoms with E-state index in [1.807, 2.05) is 31.2 Å². The second-order valence-electron chi connectivity index (χ2n) is 9.02. The SMILES string of the molecule is CC1CCCN(S(=O)(=O)c2cc(C(=O)Nc3ccccc3N3CCN(C)CC3)ccc2Cl)C1. The minimum Gasteiger partial charge on any atom is -0.367 e. The monoisotopic (exact) mass is 490 g/mol. The molecule has 4 rings (SSSR count). The lowest BCUT2D eigenvalue weighted by molar-refractivity contribution is 0.102. The van der Waals surface area contributed by atoms with E-state index in [9.17, 15) is 13.2 Å². The molecule has 0 aliphatic carbocycles. The summed E-state index contributed by atoms with van der Waals surface area (Å²) in [7, 11) is -1.68. The molecule has 2 fully saturated rings. The number of nitrogens with zero attached hydrogens (tertiary/aromatic N) is 3. The zero-order valence-corrected chi connectivity index (χ0v) is 20.7. The quantitative estimate of drug-likeness (QED) is 0.690. The Morgan fingerprint density at radius 3 is 2.52 bits per heavy atom. The number of piperazine rings is 1. The number of rotatable bonds is 5. The molecule has 1 unspecified atom stereocenters. The van der Waals surface area contributed by atoms with E-state index in [0.29, 0.717) is 24.7 Å². The van der Waals surface area contributed by atoms with Crippen LogP contribution in [0, 0.1) is 5.92 Å². The first kappa shape index (κ1) is 24.0. The molecule has 2 heterocycles. The molecular formula is C24H31ClN4O3S. The highest BCUT2D eigenvalue weighted by molar-refractivity contribution is 7.89. The fourth-order valence-electron chi connectivity index (χ4n) is 4.44. The largest absolute Gasteiger partial charge is 0.367 e.